The molecule has 0 saturated heterocycles. The van der Waals surface area contributed by atoms with E-state index in [0.717, 1.165) is 0 Å². The van der Waals surface area contributed by atoms with E-state index in [0.29, 0.717) is 15.7 Å². The minimum Gasteiger partial charge on any atom is -0.399 e. The van der Waals surface area contributed by atoms with Gasteiger partial charge in [-0.1, -0.05) is 11.8 Å². The topological polar surface area (TPSA) is 67.6 Å². The molecule has 1 heterocycles. The fourth-order valence-corrected chi connectivity index (χ4v) is 1.79. The molecule has 0 amide bonds. The normalized spacial score (nSPS) is 10.4. The van der Waals surface area contributed by atoms with E-state index in [1.54, 1.807) is 6.07 Å². The van der Waals surface area contributed by atoms with Gasteiger partial charge in [0.25, 0.3) is 0 Å². The van der Waals surface area contributed by atoms with Crippen LogP contribution in [0.15, 0.2) is 34.6 Å². The monoisotopic (exact) mass is 210 g/mol. The van der Waals surface area contributed by atoms with Crippen molar-refractivity contribution in [1.82, 2.24) is 15.2 Å². The maximum absolute atomic E-state index is 12.9. The minimum absolute atomic E-state index is 0.355. The van der Waals surface area contributed by atoms with Gasteiger partial charge in [-0.3, -0.25) is 5.10 Å². The van der Waals surface area contributed by atoms with Crippen LogP contribution in [0.3, 0.4) is 0 Å². The average molecular weight is 210 g/mol. The highest BCUT2D eigenvalue weighted by molar-refractivity contribution is 7.99. The van der Waals surface area contributed by atoms with Crippen LogP contribution in [0.1, 0.15) is 0 Å². The average Bonchev–Trinajstić information content (AvgIpc) is 2.54. The fourth-order valence-electron chi connectivity index (χ4n) is 0.998. The summed E-state index contributed by atoms with van der Waals surface area (Å²) >= 11 is 1.27. The Bertz CT molecular complexity index is 409. The van der Waals surface area contributed by atoms with Crippen LogP contribution in [0.4, 0.5) is 10.1 Å². The van der Waals surface area contributed by atoms with Crippen LogP contribution in [0.5, 0.6) is 0 Å². The van der Waals surface area contributed by atoms with Crippen molar-refractivity contribution in [1.29, 1.82) is 0 Å². The second-order valence-electron chi connectivity index (χ2n) is 2.61. The summed E-state index contributed by atoms with van der Waals surface area (Å²) in [4.78, 5) is 4.60. The van der Waals surface area contributed by atoms with E-state index < -0.39 is 0 Å². The summed E-state index contributed by atoms with van der Waals surface area (Å²) in [7, 11) is 0. The Morgan fingerprint density at radius 2 is 2.21 bits per heavy atom. The SMILES string of the molecule is Nc1cc(F)cc(Sc2ncn[nH]2)c1. The molecule has 1 aromatic heterocycles. The molecule has 1 aromatic carbocycles. The van der Waals surface area contributed by atoms with Crippen LogP contribution in [0.25, 0.3) is 0 Å². The van der Waals surface area contributed by atoms with Gasteiger partial charge in [-0.2, -0.15) is 5.10 Å². The number of hydrogen-bond donors (Lipinski definition) is 2. The Kier molecular flexibility index (Phi) is 2.36. The second-order valence-corrected chi connectivity index (χ2v) is 3.68. The first-order valence-electron chi connectivity index (χ1n) is 3.83. The lowest BCUT2D eigenvalue weighted by molar-refractivity contribution is 0.625. The number of anilines is 1. The van der Waals surface area contributed by atoms with Crippen molar-refractivity contribution in [3.63, 3.8) is 0 Å². The van der Waals surface area contributed by atoms with Gasteiger partial charge in [0.2, 0.25) is 0 Å². The van der Waals surface area contributed by atoms with Crippen LogP contribution in [-0.2, 0) is 0 Å². The van der Waals surface area contributed by atoms with Crippen molar-refractivity contribution in [2.75, 3.05) is 5.73 Å². The van der Waals surface area contributed by atoms with Crippen LogP contribution < -0.4 is 5.73 Å². The lowest BCUT2D eigenvalue weighted by atomic mass is 10.3. The van der Waals surface area contributed by atoms with Gasteiger partial charge in [-0.05, 0) is 18.2 Å². The lowest BCUT2D eigenvalue weighted by Gasteiger charge is -1.99. The number of aromatic nitrogens is 3. The van der Waals surface area contributed by atoms with Crippen LogP contribution >= 0.6 is 11.8 Å². The van der Waals surface area contributed by atoms with Gasteiger partial charge in [-0.15, -0.1) is 0 Å². The molecular formula is C8H7FN4S. The Morgan fingerprint density at radius 3 is 2.86 bits per heavy atom. The molecule has 3 N–H and O–H groups in total. The van der Waals surface area contributed by atoms with Gasteiger partial charge in [0.05, 0.1) is 0 Å². The zero-order valence-corrected chi connectivity index (χ0v) is 7.88. The summed E-state index contributed by atoms with van der Waals surface area (Å²) in [5.74, 6) is -0.355. The molecule has 0 atom stereocenters. The first-order valence-corrected chi connectivity index (χ1v) is 4.65. The number of nitrogens with zero attached hydrogens (tertiary/aromatic N) is 2. The van der Waals surface area contributed by atoms with Crippen molar-refractivity contribution < 1.29 is 4.39 Å². The number of aromatic amines is 1. The number of nitrogens with one attached hydrogen (secondary N) is 1. The van der Waals surface area contributed by atoms with Crippen molar-refractivity contribution in [2.45, 2.75) is 10.1 Å². The zero-order chi connectivity index (χ0) is 9.97. The molecule has 0 fully saturated rings. The first-order chi connectivity index (χ1) is 6.74. The number of hydrogen-bond acceptors (Lipinski definition) is 4. The van der Waals surface area contributed by atoms with Crippen LogP contribution in [0, 0.1) is 5.82 Å². The first kappa shape index (κ1) is 9.01. The third kappa shape index (κ3) is 2.02. The molecule has 0 unspecified atom stereocenters. The highest BCUT2D eigenvalue weighted by atomic mass is 32.2. The number of nitrogen functional groups attached to an aromatic ring is 1. The summed E-state index contributed by atoms with van der Waals surface area (Å²) in [5.41, 5.74) is 5.88. The van der Waals surface area contributed by atoms with Gasteiger partial charge < -0.3 is 5.73 Å². The number of rotatable bonds is 2. The smallest absolute Gasteiger partial charge is 0.188 e. The van der Waals surface area contributed by atoms with Gasteiger partial charge >= 0.3 is 0 Å². The van der Waals surface area contributed by atoms with Crippen molar-refractivity contribution >= 4 is 17.4 Å². The minimum atomic E-state index is -0.355. The lowest BCUT2D eigenvalue weighted by Crippen LogP contribution is -1.87. The Labute approximate surface area is 83.7 Å². The van der Waals surface area contributed by atoms with E-state index in [9.17, 15) is 4.39 Å². The molecule has 0 aliphatic heterocycles. The van der Waals surface area contributed by atoms with Gasteiger partial charge in [0.1, 0.15) is 12.1 Å². The number of benzene rings is 1. The molecule has 14 heavy (non-hydrogen) atoms. The number of nitrogens with two attached hydrogens (primary N) is 1. The molecule has 0 aliphatic rings. The third-order valence-electron chi connectivity index (χ3n) is 1.50. The summed E-state index contributed by atoms with van der Waals surface area (Å²) < 4.78 is 12.9. The van der Waals surface area contributed by atoms with Crippen molar-refractivity contribution in [3.05, 3.63) is 30.3 Å². The molecule has 6 heteroatoms. The quantitative estimate of drug-likeness (QED) is 0.740. The summed E-state index contributed by atoms with van der Waals surface area (Å²) in [6, 6.07) is 4.34. The second kappa shape index (κ2) is 3.67. The van der Waals surface area contributed by atoms with Crippen molar-refractivity contribution in [2.24, 2.45) is 0 Å². The highest BCUT2D eigenvalue weighted by Crippen LogP contribution is 2.26. The van der Waals surface area contributed by atoms with Crippen LogP contribution in [-0.4, -0.2) is 15.2 Å². The van der Waals surface area contributed by atoms with Gasteiger partial charge in [0.15, 0.2) is 5.16 Å². The molecule has 0 bridgehead atoms. The van der Waals surface area contributed by atoms with E-state index in [1.807, 2.05) is 0 Å². The molecule has 2 aromatic rings. The summed E-state index contributed by atoms with van der Waals surface area (Å²) in [6.45, 7) is 0. The largest absolute Gasteiger partial charge is 0.399 e. The summed E-state index contributed by atoms with van der Waals surface area (Å²) in [6.07, 6.45) is 1.39. The molecule has 0 radical (unpaired) electrons. The maximum Gasteiger partial charge on any atom is 0.188 e. The predicted molar refractivity (Wildman–Crippen MR) is 51.3 cm³/mol. The standard InChI is InChI=1S/C8H7FN4S/c9-5-1-6(10)3-7(2-5)14-8-11-4-12-13-8/h1-4H,10H2,(H,11,12,13). The molecule has 4 nitrogen and oxygen atoms in total. The maximum atomic E-state index is 12.9. The van der Waals surface area contributed by atoms with E-state index >= 15 is 0 Å². The molecule has 0 aliphatic carbocycles. The Morgan fingerprint density at radius 1 is 1.36 bits per heavy atom. The molecule has 72 valence electrons. The highest BCUT2D eigenvalue weighted by Gasteiger charge is 2.02. The summed E-state index contributed by atoms with van der Waals surface area (Å²) in [5, 5.41) is 6.95. The van der Waals surface area contributed by atoms with Crippen molar-refractivity contribution in [3.8, 4) is 0 Å². The molecule has 2 rings (SSSR count). The Hall–Kier alpha value is -1.56. The van der Waals surface area contributed by atoms with E-state index in [-0.39, 0.29) is 5.82 Å². The van der Waals surface area contributed by atoms with Gasteiger partial charge in [0, 0.05) is 10.6 Å². The van der Waals surface area contributed by atoms with E-state index in [2.05, 4.69) is 15.2 Å². The molecule has 0 saturated carbocycles. The molecule has 0 spiro atoms. The predicted octanol–water partition coefficient (Wildman–Crippen LogP) is 1.68. The number of H-pyrrole nitrogens is 1. The zero-order valence-electron chi connectivity index (χ0n) is 7.07. The Balaban J connectivity index is 2.25. The van der Waals surface area contributed by atoms with E-state index in [1.165, 1.54) is 30.2 Å². The molecular weight excluding hydrogens is 203 g/mol. The number of halogens is 1. The van der Waals surface area contributed by atoms with Gasteiger partial charge in [-0.25, -0.2) is 9.37 Å². The van der Waals surface area contributed by atoms with Crippen LogP contribution in [0.2, 0.25) is 0 Å². The van der Waals surface area contributed by atoms with E-state index in [4.69, 9.17) is 5.73 Å². The third-order valence-corrected chi connectivity index (χ3v) is 2.36. The fraction of sp³-hybridized carbons (Fsp3) is 0.